The van der Waals surface area contributed by atoms with E-state index in [4.69, 9.17) is 4.74 Å². The van der Waals surface area contributed by atoms with Gasteiger partial charge in [0.25, 0.3) is 0 Å². The second kappa shape index (κ2) is 10.8. The van der Waals surface area contributed by atoms with E-state index in [9.17, 15) is 13.2 Å². The van der Waals surface area contributed by atoms with Crippen LogP contribution in [-0.2, 0) is 6.61 Å². The Bertz CT molecular complexity index is 1070. The fourth-order valence-electron chi connectivity index (χ4n) is 4.80. The van der Waals surface area contributed by atoms with Crippen LogP contribution < -0.4 is 4.74 Å². The van der Waals surface area contributed by atoms with Crippen LogP contribution in [0, 0.1) is 23.4 Å². The number of hydrogen-bond acceptors (Lipinski definition) is 1. The number of ether oxygens (including phenoxy) is 1. The molecule has 0 aliphatic heterocycles. The normalized spacial score (nSPS) is 18.3. The highest BCUT2D eigenvalue weighted by Gasteiger charge is 2.23. The van der Waals surface area contributed by atoms with Gasteiger partial charge >= 0.3 is 0 Å². The molecule has 1 aliphatic rings. The summed E-state index contributed by atoms with van der Waals surface area (Å²) in [6.45, 7) is 2.25. The Balaban J connectivity index is 1.48. The van der Waals surface area contributed by atoms with E-state index >= 15 is 0 Å². The summed E-state index contributed by atoms with van der Waals surface area (Å²) in [5, 5.41) is 0. The van der Waals surface area contributed by atoms with Crippen LogP contribution >= 0.6 is 15.9 Å². The Hall–Kier alpha value is -2.27. The Morgan fingerprint density at radius 2 is 1.52 bits per heavy atom. The predicted molar refractivity (Wildman–Crippen MR) is 130 cm³/mol. The van der Waals surface area contributed by atoms with Crippen LogP contribution in [0.4, 0.5) is 13.2 Å². The Labute approximate surface area is 202 Å². The first-order chi connectivity index (χ1) is 15.9. The third-order valence-corrected chi connectivity index (χ3v) is 7.14. The average molecular weight is 517 g/mol. The van der Waals surface area contributed by atoms with Crippen molar-refractivity contribution in [1.29, 1.82) is 0 Å². The minimum Gasteiger partial charge on any atom is -0.483 e. The molecule has 174 valence electrons. The quantitative estimate of drug-likeness (QED) is 0.304. The summed E-state index contributed by atoms with van der Waals surface area (Å²) in [6.07, 6.45) is 6.97. The van der Waals surface area contributed by atoms with E-state index in [0.29, 0.717) is 5.92 Å². The van der Waals surface area contributed by atoms with Gasteiger partial charge in [-0.3, -0.25) is 0 Å². The molecule has 0 spiro atoms. The molecule has 0 bridgehead atoms. The molecule has 0 aromatic heterocycles. The van der Waals surface area contributed by atoms with Gasteiger partial charge in [-0.25, -0.2) is 13.2 Å². The molecule has 3 aromatic rings. The van der Waals surface area contributed by atoms with Crippen LogP contribution in [0.15, 0.2) is 59.1 Å². The molecule has 0 unspecified atom stereocenters. The van der Waals surface area contributed by atoms with E-state index in [1.807, 2.05) is 30.3 Å². The number of rotatable bonds is 7. The maximum Gasteiger partial charge on any atom is 0.191 e. The molecule has 0 N–H and O–H groups in total. The lowest BCUT2D eigenvalue weighted by Crippen LogP contribution is -2.13. The summed E-state index contributed by atoms with van der Waals surface area (Å²) in [4.78, 5) is 0. The molecule has 1 saturated carbocycles. The minimum absolute atomic E-state index is 0.0318. The summed E-state index contributed by atoms with van der Waals surface area (Å²) in [5.41, 5.74) is 2.11. The van der Waals surface area contributed by atoms with Gasteiger partial charge in [-0.05, 0) is 84.5 Å². The second-order valence-corrected chi connectivity index (χ2v) is 9.85. The first kappa shape index (κ1) is 23.9. The standard InChI is InChI=1S/C28H28BrF3O/c1-2-3-18-4-8-20(9-5-18)21-10-13-24(25(30)14-21)22-15-26(31)28(27(32)16-22)33-17-19-6-11-23(29)12-7-19/h6-7,10-16,18,20H,2-5,8-9,17H2,1H3. The topological polar surface area (TPSA) is 9.23 Å². The average Bonchev–Trinajstić information content (AvgIpc) is 2.80. The second-order valence-electron chi connectivity index (χ2n) is 8.93. The molecule has 1 aliphatic carbocycles. The summed E-state index contributed by atoms with van der Waals surface area (Å²) in [7, 11) is 0. The van der Waals surface area contributed by atoms with Gasteiger partial charge in [0.2, 0.25) is 0 Å². The van der Waals surface area contributed by atoms with Crippen molar-refractivity contribution in [1.82, 2.24) is 0 Å². The highest BCUT2D eigenvalue weighted by molar-refractivity contribution is 9.10. The largest absolute Gasteiger partial charge is 0.483 e. The van der Waals surface area contributed by atoms with Crippen molar-refractivity contribution in [3.8, 4) is 16.9 Å². The zero-order valence-corrected chi connectivity index (χ0v) is 20.3. The molecule has 0 saturated heterocycles. The Morgan fingerprint density at radius 3 is 2.12 bits per heavy atom. The van der Waals surface area contributed by atoms with Gasteiger partial charge in [0.05, 0.1) is 0 Å². The fraction of sp³-hybridized carbons (Fsp3) is 0.357. The molecule has 4 rings (SSSR count). The van der Waals surface area contributed by atoms with Crippen molar-refractivity contribution in [2.45, 2.75) is 58.0 Å². The Kier molecular flexibility index (Phi) is 7.79. The van der Waals surface area contributed by atoms with Gasteiger partial charge < -0.3 is 4.74 Å². The third-order valence-electron chi connectivity index (χ3n) is 6.61. The SMILES string of the molecule is CCCC1CCC(c2ccc(-c3cc(F)c(OCc4ccc(Br)cc4)c(F)c3)c(F)c2)CC1. The van der Waals surface area contributed by atoms with Crippen molar-refractivity contribution >= 4 is 15.9 Å². The van der Waals surface area contributed by atoms with Gasteiger partial charge in [0.15, 0.2) is 17.4 Å². The van der Waals surface area contributed by atoms with Gasteiger partial charge in [-0.2, -0.15) is 0 Å². The smallest absolute Gasteiger partial charge is 0.191 e. The van der Waals surface area contributed by atoms with Crippen LogP contribution in [0.1, 0.15) is 62.5 Å². The van der Waals surface area contributed by atoms with Crippen molar-refractivity contribution in [2.75, 3.05) is 0 Å². The Morgan fingerprint density at radius 1 is 0.848 bits per heavy atom. The van der Waals surface area contributed by atoms with Crippen molar-refractivity contribution in [2.24, 2.45) is 5.92 Å². The van der Waals surface area contributed by atoms with Crippen LogP contribution in [0.3, 0.4) is 0 Å². The first-order valence-electron chi connectivity index (χ1n) is 11.6. The summed E-state index contributed by atoms with van der Waals surface area (Å²) in [6, 6.07) is 14.6. The van der Waals surface area contributed by atoms with Crippen LogP contribution in [0.25, 0.3) is 11.1 Å². The molecular weight excluding hydrogens is 489 g/mol. The lowest BCUT2D eigenvalue weighted by Gasteiger charge is -2.28. The number of benzene rings is 3. The highest BCUT2D eigenvalue weighted by atomic mass is 79.9. The fourth-order valence-corrected chi connectivity index (χ4v) is 5.07. The molecule has 0 atom stereocenters. The van der Waals surface area contributed by atoms with E-state index in [0.717, 1.165) is 46.5 Å². The van der Waals surface area contributed by atoms with Crippen LogP contribution in [0.5, 0.6) is 5.75 Å². The third kappa shape index (κ3) is 5.81. The molecule has 0 heterocycles. The first-order valence-corrected chi connectivity index (χ1v) is 12.4. The maximum atomic E-state index is 15.0. The van der Waals surface area contributed by atoms with Crippen LogP contribution in [0.2, 0.25) is 0 Å². The molecule has 1 fully saturated rings. The number of hydrogen-bond donors (Lipinski definition) is 0. The molecular formula is C28H28BrF3O. The molecule has 0 radical (unpaired) electrons. The van der Waals surface area contributed by atoms with E-state index in [2.05, 4.69) is 22.9 Å². The van der Waals surface area contributed by atoms with Crippen molar-refractivity contribution in [3.63, 3.8) is 0 Å². The zero-order chi connectivity index (χ0) is 23.4. The molecule has 5 heteroatoms. The summed E-state index contributed by atoms with van der Waals surface area (Å²) < 4.78 is 50.6. The van der Waals surface area contributed by atoms with Gasteiger partial charge in [0.1, 0.15) is 12.4 Å². The molecule has 33 heavy (non-hydrogen) atoms. The maximum absolute atomic E-state index is 15.0. The van der Waals surface area contributed by atoms with Gasteiger partial charge in [-0.1, -0.05) is 60.0 Å². The monoisotopic (exact) mass is 516 g/mol. The molecule has 0 amide bonds. The molecule has 3 aromatic carbocycles. The van der Waals surface area contributed by atoms with E-state index in [1.165, 1.54) is 31.7 Å². The lowest BCUT2D eigenvalue weighted by atomic mass is 9.77. The lowest BCUT2D eigenvalue weighted by molar-refractivity contribution is 0.274. The van der Waals surface area contributed by atoms with Crippen molar-refractivity contribution < 1.29 is 17.9 Å². The summed E-state index contributed by atoms with van der Waals surface area (Å²) >= 11 is 3.34. The number of halogens is 4. The van der Waals surface area contributed by atoms with E-state index in [1.54, 1.807) is 6.07 Å². The predicted octanol–water partition coefficient (Wildman–Crippen LogP) is 9.19. The van der Waals surface area contributed by atoms with Gasteiger partial charge in [-0.15, -0.1) is 0 Å². The van der Waals surface area contributed by atoms with Crippen LogP contribution in [-0.4, -0.2) is 0 Å². The molecule has 1 nitrogen and oxygen atoms in total. The van der Waals surface area contributed by atoms with Gasteiger partial charge in [0, 0.05) is 10.0 Å². The van der Waals surface area contributed by atoms with Crippen molar-refractivity contribution in [3.05, 3.63) is 87.6 Å². The summed E-state index contributed by atoms with van der Waals surface area (Å²) in [5.74, 6) is -1.47. The minimum atomic E-state index is -0.847. The highest BCUT2D eigenvalue weighted by Crippen LogP contribution is 2.39. The van der Waals surface area contributed by atoms with E-state index < -0.39 is 23.2 Å². The zero-order valence-electron chi connectivity index (χ0n) is 18.7. The van der Waals surface area contributed by atoms with E-state index in [-0.39, 0.29) is 17.7 Å².